The Morgan fingerprint density at radius 2 is 2.08 bits per heavy atom. The predicted molar refractivity (Wildman–Crippen MR) is 102 cm³/mol. The number of morpholine rings is 1. The normalized spacial score (nSPS) is 14.1. The van der Waals surface area contributed by atoms with Crippen LogP contribution in [0, 0.1) is 0 Å². The van der Waals surface area contributed by atoms with Crippen molar-refractivity contribution < 1.29 is 19.1 Å². The second kappa shape index (κ2) is 8.82. The average molecular weight is 374 g/mol. The van der Waals surface area contributed by atoms with Gasteiger partial charge in [0.15, 0.2) is 0 Å². The zero-order valence-electron chi connectivity index (χ0n) is 14.7. The molecule has 1 saturated heterocycles. The van der Waals surface area contributed by atoms with Crippen molar-refractivity contribution in [1.82, 2.24) is 0 Å². The first-order chi connectivity index (χ1) is 12.7. The lowest BCUT2D eigenvalue weighted by Gasteiger charge is -2.30. The summed E-state index contributed by atoms with van der Waals surface area (Å²) in [7, 11) is 0. The summed E-state index contributed by atoms with van der Waals surface area (Å²) in [6, 6.07) is 8.95. The van der Waals surface area contributed by atoms with E-state index in [1.165, 1.54) is 11.3 Å². The summed E-state index contributed by atoms with van der Waals surface area (Å²) in [5.74, 6) is -0.562. The van der Waals surface area contributed by atoms with E-state index in [0.717, 1.165) is 25.2 Å². The second-order valence-corrected chi connectivity index (χ2v) is 6.85. The first kappa shape index (κ1) is 18.4. The third kappa shape index (κ3) is 4.42. The molecule has 0 spiro atoms. The van der Waals surface area contributed by atoms with Crippen LogP contribution in [0.4, 0.5) is 11.4 Å². The number of rotatable bonds is 6. The van der Waals surface area contributed by atoms with Gasteiger partial charge in [-0.1, -0.05) is 13.0 Å². The van der Waals surface area contributed by atoms with Crippen LogP contribution in [0.25, 0.3) is 0 Å². The van der Waals surface area contributed by atoms with Crippen molar-refractivity contribution in [3.05, 3.63) is 46.2 Å². The van der Waals surface area contributed by atoms with Gasteiger partial charge >= 0.3 is 5.97 Å². The molecule has 0 atom stereocenters. The van der Waals surface area contributed by atoms with E-state index >= 15 is 0 Å². The number of esters is 1. The first-order valence-corrected chi connectivity index (χ1v) is 9.55. The van der Waals surface area contributed by atoms with E-state index in [4.69, 9.17) is 9.47 Å². The maximum atomic E-state index is 12.5. The first-order valence-electron chi connectivity index (χ1n) is 8.67. The maximum Gasteiger partial charge on any atom is 0.340 e. The van der Waals surface area contributed by atoms with Gasteiger partial charge in [-0.15, -0.1) is 11.3 Å². The topological polar surface area (TPSA) is 67.9 Å². The van der Waals surface area contributed by atoms with E-state index in [2.05, 4.69) is 10.2 Å². The molecule has 1 aromatic heterocycles. The molecule has 26 heavy (non-hydrogen) atoms. The Morgan fingerprint density at radius 1 is 1.27 bits per heavy atom. The molecule has 1 aromatic carbocycles. The number of hydrogen-bond donors (Lipinski definition) is 1. The van der Waals surface area contributed by atoms with Crippen molar-refractivity contribution in [2.45, 2.75) is 13.3 Å². The molecule has 0 bridgehead atoms. The summed E-state index contributed by atoms with van der Waals surface area (Å²) >= 11 is 1.37. The lowest BCUT2D eigenvalue weighted by molar-refractivity contribution is 0.0504. The number of anilines is 2. The second-order valence-electron chi connectivity index (χ2n) is 5.90. The fraction of sp³-hybridized carbons (Fsp3) is 0.368. The van der Waals surface area contributed by atoms with Gasteiger partial charge in [0.05, 0.1) is 35.9 Å². The van der Waals surface area contributed by atoms with Gasteiger partial charge in [0.1, 0.15) is 0 Å². The van der Waals surface area contributed by atoms with E-state index in [1.54, 1.807) is 12.1 Å². The molecule has 0 aliphatic carbocycles. The highest BCUT2D eigenvalue weighted by Gasteiger charge is 2.21. The zero-order chi connectivity index (χ0) is 18.4. The van der Waals surface area contributed by atoms with Gasteiger partial charge in [0.25, 0.3) is 5.91 Å². The van der Waals surface area contributed by atoms with Crippen LogP contribution in [-0.2, 0) is 9.47 Å². The van der Waals surface area contributed by atoms with Crippen LogP contribution < -0.4 is 10.2 Å². The van der Waals surface area contributed by atoms with E-state index in [-0.39, 0.29) is 11.9 Å². The van der Waals surface area contributed by atoms with Crippen LogP contribution >= 0.6 is 11.3 Å². The van der Waals surface area contributed by atoms with E-state index in [1.807, 2.05) is 30.5 Å². The number of hydrogen-bond acceptors (Lipinski definition) is 6. The van der Waals surface area contributed by atoms with Gasteiger partial charge in [-0.05, 0) is 36.1 Å². The SMILES string of the molecule is CCCOC(=O)c1cc(NC(=O)c2cccs2)ccc1N1CCOCC1. The molecule has 6 nitrogen and oxygen atoms in total. The number of thiophene rings is 1. The molecule has 1 amide bonds. The highest BCUT2D eigenvalue weighted by atomic mass is 32.1. The molecule has 0 unspecified atom stereocenters. The Bertz CT molecular complexity index is 755. The zero-order valence-corrected chi connectivity index (χ0v) is 15.5. The van der Waals surface area contributed by atoms with Gasteiger partial charge in [0.2, 0.25) is 0 Å². The third-order valence-electron chi connectivity index (χ3n) is 4.01. The monoisotopic (exact) mass is 374 g/mol. The van der Waals surface area contributed by atoms with Crippen LogP contribution in [0.2, 0.25) is 0 Å². The summed E-state index contributed by atoms with van der Waals surface area (Å²) in [6.07, 6.45) is 0.757. The molecule has 2 heterocycles. The summed E-state index contributed by atoms with van der Waals surface area (Å²) in [5, 5.41) is 4.70. The van der Waals surface area contributed by atoms with Crippen LogP contribution in [0.15, 0.2) is 35.7 Å². The van der Waals surface area contributed by atoms with E-state index < -0.39 is 0 Å². The standard InChI is InChI=1S/C19H22N2O4S/c1-2-9-25-19(23)15-13-14(20-18(22)17-4-3-12-26-17)5-6-16(15)21-7-10-24-11-8-21/h3-6,12-13H,2,7-11H2,1H3,(H,20,22). The summed E-state index contributed by atoms with van der Waals surface area (Å²) in [5.41, 5.74) is 1.84. The van der Waals surface area contributed by atoms with E-state index in [9.17, 15) is 9.59 Å². The van der Waals surface area contributed by atoms with Crippen molar-refractivity contribution in [3.63, 3.8) is 0 Å². The number of carbonyl (C=O) groups excluding carboxylic acids is 2. The Kier molecular flexibility index (Phi) is 6.25. The third-order valence-corrected chi connectivity index (χ3v) is 4.88. The van der Waals surface area contributed by atoms with Gasteiger partial charge in [-0.3, -0.25) is 4.79 Å². The molecular formula is C19H22N2O4S. The minimum absolute atomic E-state index is 0.188. The molecule has 138 valence electrons. The molecule has 1 fully saturated rings. The minimum Gasteiger partial charge on any atom is -0.462 e. The average Bonchev–Trinajstić information content (AvgIpc) is 3.21. The fourth-order valence-corrected chi connectivity index (χ4v) is 3.35. The number of nitrogens with zero attached hydrogens (tertiary/aromatic N) is 1. The summed E-state index contributed by atoms with van der Waals surface area (Å²) < 4.78 is 10.7. The van der Waals surface area contributed by atoms with Crippen molar-refractivity contribution in [2.24, 2.45) is 0 Å². The molecule has 1 aliphatic heterocycles. The van der Waals surface area contributed by atoms with Crippen molar-refractivity contribution >= 4 is 34.6 Å². The number of amides is 1. The van der Waals surface area contributed by atoms with Crippen LogP contribution in [0.5, 0.6) is 0 Å². The predicted octanol–water partition coefficient (Wildman–Crippen LogP) is 3.40. The highest BCUT2D eigenvalue weighted by molar-refractivity contribution is 7.12. The van der Waals surface area contributed by atoms with Crippen molar-refractivity contribution in [2.75, 3.05) is 43.1 Å². The van der Waals surface area contributed by atoms with Crippen LogP contribution in [0.3, 0.4) is 0 Å². The number of nitrogens with one attached hydrogen (secondary N) is 1. The van der Waals surface area contributed by atoms with E-state index in [0.29, 0.717) is 35.9 Å². The molecule has 7 heteroatoms. The Morgan fingerprint density at radius 3 is 2.77 bits per heavy atom. The quantitative estimate of drug-likeness (QED) is 0.785. The lowest BCUT2D eigenvalue weighted by Crippen LogP contribution is -2.37. The minimum atomic E-state index is -0.374. The van der Waals surface area contributed by atoms with Crippen LogP contribution in [-0.4, -0.2) is 44.8 Å². The fourth-order valence-electron chi connectivity index (χ4n) is 2.73. The largest absolute Gasteiger partial charge is 0.462 e. The highest BCUT2D eigenvalue weighted by Crippen LogP contribution is 2.27. The number of benzene rings is 1. The van der Waals surface area contributed by atoms with Gasteiger partial charge in [0, 0.05) is 18.8 Å². The number of ether oxygens (including phenoxy) is 2. The Balaban J connectivity index is 1.85. The number of carbonyl (C=O) groups is 2. The van der Waals surface area contributed by atoms with Gasteiger partial charge in [-0.25, -0.2) is 4.79 Å². The maximum absolute atomic E-state index is 12.5. The molecule has 1 aliphatic rings. The van der Waals surface area contributed by atoms with Gasteiger partial charge < -0.3 is 19.7 Å². The van der Waals surface area contributed by atoms with Gasteiger partial charge in [-0.2, -0.15) is 0 Å². The van der Waals surface area contributed by atoms with Crippen molar-refractivity contribution in [1.29, 1.82) is 0 Å². The summed E-state index contributed by atoms with van der Waals surface area (Å²) in [4.78, 5) is 27.5. The molecule has 0 radical (unpaired) electrons. The lowest BCUT2D eigenvalue weighted by atomic mass is 10.1. The van der Waals surface area contributed by atoms with Crippen molar-refractivity contribution in [3.8, 4) is 0 Å². The summed E-state index contributed by atoms with van der Waals surface area (Å²) in [6.45, 7) is 5.01. The molecule has 0 saturated carbocycles. The Labute approximate surface area is 156 Å². The molecule has 1 N–H and O–H groups in total. The Hall–Kier alpha value is -2.38. The smallest absolute Gasteiger partial charge is 0.340 e. The van der Waals surface area contributed by atoms with Crippen LogP contribution in [0.1, 0.15) is 33.4 Å². The molecular weight excluding hydrogens is 352 g/mol. The molecule has 2 aromatic rings. The molecule has 3 rings (SSSR count).